The number of Topliss-reactive ketones (excluding diaryl/α,β-unsaturated/α-hetero) is 1. The summed E-state index contributed by atoms with van der Waals surface area (Å²) in [6, 6.07) is 22.7. The largest absolute Gasteiger partial charge is 0.326 e. The molecular formula is C32H36N4O4. The summed E-state index contributed by atoms with van der Waals surface area (Å²) < 4.78 is 1.59. The lowest BCUT2D eigenvalue weighted by Gasteiger charge is -2.32. The van der Waals surface area contributed by atoms with E-state index < -0.39 is 11.7 Å². The smallest absolute Gasteiger partial charge is 0.307 e. The van der Waals surface area contributed by atoms with Crippen LogP contribution in [0.5, 0.6) is 0 Å². The molecule has 0 bridgehead atoms. The van der Waals surface area contributed by atoms with Crippen LogP contribution in [-0.4, -0.2) is 38.2 Å². The zero-order valence-electron chi connectivity index (χ0n) is 24.1. The number of fused-ring (bicyclic) bond motifs is 3. The fourth-order valence-electron chi connectivity index (χ4n) is 5.02. The van der Waals surface area contributed by atoms with Gasteiger partial charge in [0.25, 0.3) is 11.7 Å². The van der Waals surface area contributed by atoms with Gasteiger partial charge in [0.05, 0.1) is 28.7 Å². The average Bonchev–Trinajstić information content (AvgIpc) is 3.48. The van der Waals surface area contributed by atoms with Crippen molar-refractivity contribution < 1.29 is 14.4 Å². The van der Waals surface area contributed by atoms with Crippen molar-refractivity contribution in [3.63, 3.8) is 0 Å². The SMILES string of the molecule is CC(C)(C)N1C(=O)C(=O)c2ccccc21.CC(C)(C)N1C(=O)Cc2ccccc21.Cn1c(=O)[nH]c2ccccc21. The van der Waals surface area contributed by atoms with Crippen molar-refractivity contribution in [3.05, 3.63) is 94.4 Å². The van der Waals surface area contributed by atoms with Crippen LogP contribution in [0.15, 0.2) is 77.6 Å². The molecule has 0 aliphatic carbocycles. The number of hydrogen-bond donors (Lipinski definition) is 1. The van der Waals surface area contributed by atoms with Gasteiger partial charge in [-0.25, -0.2) is 4.79 Å². The predicted octanol–water partition coefficient (Wildman–Crippen LogP) is 5.26. The molecule has 6 rings (SSSR count). The molecule has 3 aromatic carbocycles. The van der Waals surface area contributed by atoms with Crippen molar-refractivity contribution in [2.75, 3.05) is 9.80 Å². The first-order valence-corrected chi connectivity index (χ1v) is 13.2. The summed E-state index contributed by atoms with van der Waals surface area (Å²) in [7, 11) is 1.75. The molecule has 40 heavy (non-hydrogen) atoms. The van der Waals surface area contributed by atoms with Crippen LogP contribution in [0.4, 0.5) is 11.4 Å². The normalized spacial score (nSPS) is 14.4. The molecular weight excluding hydrogens is 504 g/mol. The van der Waals surface area contributed by atoms with Gasteiger partial charge in [-0.15, -0.1) is 0 Å². The van der Waals surface area contributed by atoms with Gasteiger partial charge in [-0.3, -0.25) is 23.9 Å². The number of imidazole rings is 1. The quantitative estimate of drug-likeness (QED) is 0.308. The Hall–Kier alpha value is -4.46. The summed E-state index contributed by atoms with van der Waals surface area (Å²) in [5.41, 5.74) is 4.74. The average molecular weight is 541 g/mol. The fraction of sp³-hybridized carbons (Fsp3) is 0.312. The van der Waals surface area contributed by atoms with Gasteiger partial charge in [0, 0.05) is 23.8 Å². The minimum atomic E-state index is -0.427. The number of hydrogen-bond acceptors (Lipinski definition) is 4. The molecule has 2 aliphatic heterocycles. The highest BCUT2D eigenvalue weighted by molar-refractivity contribution is 6.52. The van der Waals surface area contributed by atoms with Crippen LogP contribution in [0.3, 0.4) is 0 Å². The molecule has 3 heterocycles. The van der Waals surface area contributed by atoms with Crippen molar-refractivity contribution in [1.29, 1.82) is 0 Å². The Labute approximate surface area is 234 Å². The summed E-state index contributed by atoms with van der Waals surface area (Å²) in [5.74, 6) is -0.622. The Kier molecular flexibility index (Phi) is 7.57. The van der Waals surface area contributed by atoms with Gasteiger partial charge >= 0.3 is 5.69 Å². The van der Waals surface area contributed by atoms with Gasteiger partial charge in [-0.05, 0) is 77.4 Å². The maximum absolute atomic E-state index is 11.8. The van der Waals surface area contributed by atoms with Gasteiger partial charge in [-0.2, -0.15) is 0 Å². The number of aryl methyl sites for hydroxylation is 1. The third-order valence-electron chi connectivity index (χ3n) is 6.76. The van der Waals surface area contributed by atoms with E-state index >= 15 is 0 Å². The second-order valence-electron chi connectivity index (χ2n) is 11.9. The summed E-state index contributed by atoms with van der Waals surface area (Å²) >= 11 is 0. The van der Waals surface area contributed by atoms with E-state index in [0.29, 0.717) is 12.0 Å². The molecule has 2 amide bonds. The highest BCUT2D eigenvalue weighted by Crippen LogP contribution is 2.35. The molecule has 0 atom stereocenters. The Balaban J connectivity index is 0.000000140. The van der Waals surface area contributed by atoms with E-state index in [4.69, 9.17) is 0 Å². The lowest BCUT2D eigenvalue weighted by Crippen LogP contribution is -2.44. The minimum absolute atomic E-state index is 0.0637. The molecule has 8 nitrogen and oxygen atoms in total. The van der Waals surface area contributed by atoms with E-state index in [9.17, 15) is 19.2 Å². The fourth-order valence-corrected chi connectivity index (χ4v) is 5.02. The molecule has 0 spiro atoms. The number of carbonyl (C=O) groups is 3. The number of anilines is 2. The molecule has 4 aromatic rings. The number of ketones is 1. The van der Waals surface area contributed by atoms with Gasteiger partial charge in [0.15, 0.2) is 0 Å². The number of para-hydroxylation sites is 4. The lowest BCUT2D eigenvalue weighted by molar-refractivity contribution is -0.118. The van der Waals surface area contributed by atoms with Crippen LogP contribution in [0.25, 0.3) is 11.0 Å². The molecule has 0 unspecified atom stereocenters. The first-order valence-electron chi connectivity index (χ1n) is 13.2. The lowest BCUT2D eigenvalue weighted by atomic mass is 10.1. The standard InChI is InChI=1S/C12H13NO2.C12H15NO.C8H8N2O/c1-12(2,3)13-9-7-5-4-6-8(9)10(14)11(13)15;1-12(2,3)13-10-7-5-4-6-9(10)8-11(13)14;1-10-7-5-3-2-4-6(7)9-8(10)11/h4-7H,1-3H3;4-7H,8H2,1-3H3;2-5H,1H3,(H,9,11). The molecule has 1 aromatic heterocycles. The third kappa shape index (κ3) is 5.47. The molecule has 0 saturated heterocycles. The number of carbonyl (C=O) groups excluding carboxylic acids is 3. The second-order valence-corrected chi connectivity index (χ2v) is 11.9. The van der Waals surface area contributed by atoms with Crippen molar-refractivity contribution in [2.45, 2.75) is 59.0 Å². The molecule has 2 aliphatic rings. The Morgan fingerprint density at radius 2 is 1.23 bits per heavy atom. The number of nitrogens with zero attached hydrogens (tertiary/aromatic N) is 3. The zero-order valence-corrected chi connectivity index (χ0v) is 24.1. The summed E-state index contributed by atoms with van der Waals surface area (Å²) in [6.07, 6.45) is 0.549. The maximum Gasteiger partial charge on any atom is 0.326 e. The van der Waals surface area contributed by atoms with E-state index in [1.54, 1.807) is 28.6 Å². The molecule has 0 fully saturated rings. The van der Waals surface area contributed by atoms with Gasteiger partial charge in [0.2, 0.25) is 5.91 Å². The molecule has 1 N–H and O–H groups in total. The number of H-pyrrole nitrogens is 1. The molecule has 0 saturated carbocycles. The first-order chi connectivity index (χ1) is 18.7. The predicted molar refractivity (Wildman–Crippen MR) is 159 cm³/mol. The number of aromatic nitrogens is 2. The molecule has 0 radical (unpaired) electrons. The van der Waals surface area contributed by atoms with E-state index in [1.807, 2.05) is 86.3 Å². The van der Waals surface area contributed by atoms with E-state index in [0.717, 1.165) is 28.0 Å². The van der Waals surface area contributed by atoms with E-state index in [-0.39, 0.29) is 22.7 Å². The third-order valence-corrected chi connectivity index (χ3v) is 6.76. The van der Waals surface area contributed by atoms with Crippen LogP contribution >= 0.6 is 0 Å². The summed E-state index contributed by atoms with van der Waals surface area (Å²) in [6.45, 7) is 11.9. The van der Waals surface area contributed by atoms with E-state index in [2.05, 4.69) is 25.8 Å². The highest BCUT2D eigenvalue weighted by atomic mass is 16.2. The monoisotopic (exact) mass is 540 g/mol. The highest BCUT2D eigenvalue weighted by Gasteiger charge is 2.41. The van der Waals surface area contributed by atoms with Crippen LogP contribution in [0, 0.1) is 0 Å². The van der Waals surface area contributed by atoms with Crippen LogP contribution in [-0.2, 0) is 23.1 Å². The van der Waals surface area contributed by atoms with Crippen LogP contribution in [0.2, 0.25) is 0 Å². The van der Waals surface area contributed by atoms with E-state index in [1.165, 1.54) is 0 Å². The van der Waals surface area contributed by atoms with Gasteiger partial charge < -0.3 is 9.88 Å². The van der Waals surface area contributed by atoms with Crippen molar-refractivity contribution in [1.82, 2.24) is 9.55 Å². The van der Waals surface area contributed by atoms with Crippen molar-refractivity contribution in [3.8, 4) is 0 Å². The summed E-state index contributed by atoms with van der Waals surface area (Å²) in [4.78, 5) is 52.5. The van der Waals surface area contributed by atoms with Gasteiger partial charge in [-0.1, -0.05) is 42.5 Å². The number of aromatic amines is 1. The van der Waals surface area contributed by atoms with Crippen molar-refractivity contribution in [2.24, 2.45) is 7.05 Å². The minimum Gasteiger partial charge on any atom is -0.307 e. The summed E-state index contributed by atoms with van der Waals surface area (Å²) in [5, 5.41) is 0. The number of amides is 2. The topological polar surface area (TPSA) is 95.5 Å². The number of rotatable bonds is 0. The number of benzene rings is 3. The maximum atomic E-state index is 11.8. The zero-order chi connectivity index (χ0) is 29.4. The van der Waals surface area contributed by atoms with Crippen LogP contribution in [0.1, 0.15) is 57.5 Å². The molecule has 8 heteroatoms. The number of nitrogens with one attached hydrogen (secondary N) is 1. The Morgan fingerprint density at radius 3 is 1.85 bits per heavy atom. The van der Waals surface area contributed by atoms with Crippen LogP contribution < -0.4 is 15.5 Å². The Morgan fingerprint density at radius 1 is 0.675 bits per heavy atom. The second kappa shape index (κ2) is 10.6. The molecule has 208 valence electrons. The van der Waals surface area contributed by atoms with Crippen molar-refractivity contribution >= 4 is 40.0 Å². The van der Waals surface area contributed by atoms with Gasteiger partial charge in [0.1, 0.15) is 0 Å². The Bertz CT molecular complexity index is 1650. The first kappa shape index (κ1) is 28.5.